The first kappa shape index (κ1) is 171. The molecule has 0 unspecified atom stereocenters. The van der Waals surface area contributed by atoms with Crippen LogP contribution in [0.5, 0.6) is 0 Å². The van der Waals surface area contributed by atoms with E-state index in [1.54, 1.807) is 0 Å². The molecule has 0 heterocycles. The Balaban J connectivity index is -0.000000000444. The molecule has 0 aromatic heterocycles. The average Bonchev–Trinajstić information content (AvgIpc) is 0.918. The molecule has 0 aromatic rings. The van der Waals surface area contributed by atoms with E-state index in [1.165, 1.54) is 0 Å². The zero-order valence-corrected chi connectivity index (χ0v) is 2.32. The SMILES string of the molecule is C.C.C.O.O.O=C=O.[HH].[HH].[HH].[HH].[HH]. The van der Waals surface area contributed by atoms with Gasteiger partial charge in [0.05, 0.1) is 0 Å². The summed E-state index contributed by atoms with van der Waals surface area (Å²) >= 11 is 0. The molecule has 0 aliphatic heterocycles. The minimum absolute atomic E-state index is 0. The Morgan fingerprint density at radius 1 is 0.875 bits per heavy atom. The van der Waals surface area contributed by atoms with Gasteiger partial charge in [-0.25, -0.2) is 0 Å². The van der Waals surface area contributed by atoms with Crippen LogP contribution < -0.4 is 0 Å². The highest BCUT2D eigenvalue weighted by atomic mass is 16.2. The molecule has 8 heavy (non-hydrogen) atoms. The molecule has 0 aliphatic rings. The molecule has 0 fully saturated rings. The van der Waals surface area contributed by atoms with E-state index in [4.69, 9.17) is 9.59 Å². The van der Waals surface area contributed by atoms with E-state index in [9.17, 15) is 0 Å². The molecule has 4 N–H and O–H groups in total. The van der Waals surface area contributed by atoms with Crippen LogP contribution in [-0.4, -0.2) is 17.1 Å². The van der Waals surface area contributed by atoms with Crippen molar-refractivity contribution >= 4 is 6.15 Å². The average molecular weight is 138 g/mol. The van der Waals surface area contributed by atoms with Gasteiger partial charge in [-0.3, -0.25) is 0 Å². The summed E-state index contributed by atoms with van der Waals surface area (Å²) in [4.78, 5) is 16.2. The van der Waals surface area contributed by atoms with Gasteiger partial charge >= 0.3 is 6.15 Å². The third-order valence-corrected chi connectivity index (χ3v) is 0. The van der Waals surface area contributed by atoms with Gasteiger partial charge in [0.25, 0.3) is 0 Å². The highest BCUT2D eigenvalue weighted by molar-refractivity contribution is 5.20. The Morgan fingerprint density at radius 2 is 0.875 bits per heavy atom. The minimum Gasteiger partial charge on any atom is -0.412 e. The fourth-order valence-electron chi connectivity index (χ4n) is 0. The van der Waals surface area contributed by atoms with E-state index in [-0.39, 0.29) is 46.5 Å². The van der Waals surface area contributed by atoms with Crippen molar-refractivity contribution in [3.8, 4) is 0 Å². The predicted molar refractivity (Wildman–Crippen MR) is 43.0 cm³/mol. The summed E-state index contributed by atoms with van der Waals surface area (Å²) in [6, 6.07) is 0. The molecule has 4 nitrogen and oxygen atoms in total. The van der Waals surface area contributed by atoms with Gasteiger partial charge in [-0.05, 0) is 0 Å². The van der Waals surface area contributed by atoms with Crippen LogP contribution in [-0.2, 0) is 9.59 Å². The third kappa shape index (κ3) is 200. The van der Waals surface area contributed by atoms with Crippen molar-refractivity contribution in [1.82, 2.24) is 0 Å². The lowest BCUT2D eigenvalue weighted by molar-refractivity contribution is -0.191. The van der Waals surface area contributed by atoms with Gasteiger partial charge in [-0.2, -0.15) is 9.59 Å². The van der Waals surface area contributed by atoms with Gasteiger partial charge in [0.15, 0.2) is 0 Å². The largest absolute Gasteiger partial charge is 0.412 e. The molecule has 0 aromatic carbocycles. The van der Waals surface area contributed by atoms with Gasteiger partial charge in [0, 0.05) is 7.13 Å². The molecule has 0 aliphatic carbocycles. The van der Waals surface area contributed by atoms with Crippen molar-refractivity contribution in [2.75, 3.05) is 0 Å². The second-order valence-corrected chi connectivity index (χ2v) is 0.0833. The van der Waals surface area contributed by atoms with Crippen molar-refractivity contribution in [2.45, 2.75) is 22.3 Å². The van der Waals surface area contributed by atoms with E-state index in [1.807, 2.05) is 0 Å². The van der Waals surface area contributed by atoms with Gasteiger partial charge in [-0.1, -0.05) is 22.3 Å². The summed E-state index contributed by atoms with van der Waals surface area (Å²) in [5.74, 6) is 0. The van der Waals surface area contributed by atoms with Gasteiger partial charge in [0.1, 0.15) is 0 Å². The lowest BCUT2D eigenvalue weighted by Crippen LogP contribution is -1.22. The van der Waals surface area contributed by atoms with Gasteiger partial charge in [0.2, 0.25) is 0 Å². The molecular formula is C4H26O4. The van der Waals surface area contributed by atoms with Crippen LogP contribution in [0.4, 0.5) is 0 Å². The number of hydrogen-bond donors (Lipinski definition) is 0. The lowest BCUT2D eigenvalue weighted by atomic mass is 11.8. The topological polar surface area (TPSA) is 97.1 Å². The first-order valence-corrected chi connectivity index (χ1v) is 0.408. The number of hydrogen-bond acceptors (Lipinski definition) is 2. The van der Waals surface area contributed by atoms with E-state index >= 15 is 0 Å². The van der Waals surface area contributed by atoms with Crippen molar-refractivity contribution in [2.24, 2.45) is 0 Å². The maximum atomic E-state index is 8.12. The van der Waals surface area contributed by atoms with Crippen LogP contribution in [0, 0.1) is 0 Å². The molecule has 0 saturated carbocycles. The standard InChI is InChI=1S/CO2.3CH4.2H2O.5H2/c2-1-3;;;;;;;;;;/h;3*1H4;2*1H2;5*1H. The van der Waals surface area contributed by atoms with Crippen LogP contribution in [0.15, 0.2) is 0 Å². The Bertz CT molecular complexity index is 41.5. The summed E-state index contributed by atoms with van der Waals surface area (Å²) in [6.45, 7) is 0. The van der Waals surface area contributed by atoms with Gasteiger partial charge in [-0.15, -0.1) is 0 Å². The zero-order valence-electron chi connectivity index (χ0n) is 2.32. The summed E-state index contributed by atoms with van der Waals surface area (Å²) in [6.07, 6.45) is 0.250. The Morgan fingerprint density at radius 3 is 0.875 bits per heavy atom. The number of rotatable bonds is 0. The van der Waals surface area contributed by atoms with E-state index < -0.39 is 0 Å². The lowest BCUT2D eigenvalue weighted by Gasteiger charge is -0.945. The molecule has 4 heteroatoms. The highest BCUT2D eigenvalue weighted by Crippen LogP contribution is 0.787. The molecule has 0 atom stereocenters. The maximum Gasteiger partial charge on any atom is 0.373 e. The summed E-state index contributed by atoms with van der Waals surface area (Å²) in [5.41, 5.74) is 0. The van der Waals surface area contributed by atoms with Crippen molar-refractivity contribution in [3.63, 3.8) is 0 Å². The summed E-state index contributed by atoms with van der Waals surface area (Å²) in [7, 11) is 0. The smallest absolute Gasteiger partial charge is 0.373 e. The second kappa shape index (κ2) is 1970. The maximum absolute atomic E-state index is 8.12. The molecule has 66 valence electrons. The third-order valence-electron chi connectivity index (χ3n) is 0. The van der Waals surface area contributed by atoms with E-state index in [2.05, 4.69) is 0 Å². The molecule has 0 radical (unpaired) electrons. The molecule has 0 spiro atoms. The van der Waals surface area contributed by atoms with Crippen LogP contribution in [0.25, 0.3) is 0 Å². The first-order valence-electron chi connectivity index (χ1n) is 0.408. The van der Waals surface area contributed by atoms with Crippen molar-refractivity contribution < 1.29 is 27.7 Å². The molecule has 0 saturated heterocycles. The van der Waals surface area contributed by atoms with E-state index in [0.29, 0.717) is 0 Å². The first-order chi connectivity index (χ1) is 1.41. The Kier molecular flexibility index (Phi) is 42100. The van der Waals surface area contributed by atoms with Crippen molar-refractivity contribution in [1.29, 1.82) is 0 Å². The van der Waals surface area contributed by atoms with E-state index in [0.717, 1.165) is 0 Å². The molecule has 0 bridgehead atoms. The fraction of sp³-hybridized carbons (Fsp3) is 0.750. The Hall–Kier alpha value is -0.700. The molecule has 0 amide bonds. The monoisotopic (exact) mass is 138 g/mol. The zero-order chi connectivity index (χ0) is 2.71. The van der Waals surface area contributed by atoms with Crippen LogP contribution in [0.3, 0.4) is 0 Å². The normalized spacial score (nSPS) is 1.00. The van der Waals surface area contributed by atoms with Gasteiger partial charge < -0.3 is 11.0 Å². The molecule has 0 rings (SSSR count). The predicted octanol–water partition coefficient (Wildman–Crippen LogP) is 0.905. The Labute approximate surface area is 57.6 Å². The fourth-order valence-corrected chi connectivity index (χ4v) is 0. The second-order valence-electron chi connectivity index (χ2n) is 0.0833. The van der Waals surface area contributed by atoms with Crippen LogP contribution >= 0.6 is 0 Å². The summed E-state index contributed by atoms with van der Waals surface area (Å²) < 4.78 is 0. The summed E-state index contributed by atoms with van der Waals surface area (Å²) in [5, 5.41) is 0. The molecular weight excluding hydrogens is 112 g/mol. The highest BCUT2D eigenvalue weighted by Gasteiger charge is 1.13. The van der Waals surface area contributed by atoms with Crippen molar-refractivity contribution in [3.05, 3.63) is 0 Å². The number of carbonyl (C=O) groups excluding carboxylic acids is 2. The quantitative estimate of drug-likeness (QED) is 0.497. The minimum atomic E-state index is 0. The van der Waals surface area contributed by atoms with Crippen LogP contribution in [0.2, 0.25) is 0 Å². The van der Waals surface area contributed by atoms with Crippen LogP contribution in [0.1, 0.15) is 29.4 Å².